The largest absolute Gasteiger partial charge is 0.350 e. The highest BCUT2D eigenvalue weighted by Gasteiger charge is 2.16. The van der Waals surface area contributed by atoms with Gasteiger partial charge in [-0.3, -0.25) is 9.59 Å². The van der Waals surface area contributed by atoms with E-state index in [-0.39, 0.29) is 18.0 Å². The Kier molecular flexibility index (Phi) is 5.14. The molecule has 7 nitrogen and oxygen atoms in total. The Morgan fingerprint density at radius 3 is 2.59 bits per heavy atom. The van der Waals surface area contributed by atoms with Crippen LogP contribution in [0.1, 0.15) is 11.3 Å². The summed E-state index contributed by atoms with van der Waals surface area (Å²) in [6.07, 6.45) is 0. The van der Waals surface area contributed by atoms with Crippen LogP contribution in [-0.2, 0) is 17.9 Å². The van der Waals surface area contributed by atoms with Crippen molar-refractivity contribution in [3.63, 3.8) is 0 Å². The van der Waals surface area contributed by atoms with Gasteiger partial charge in [-0.05, 0) is 24.6 Å². The molecule has 8 heteroatoms. The molecule has 2 aromatic heterocycles. The van der Waals surface area contributed by atoms with Crippen molar-refractivity contribution < 1.29 is 4.79 Å². The van der Waals surface area contributed by atoms with Gasteiger partial charge >= 0.3 is 0 Å². The van der Waals surface area contributed by atoms with Crippen LogP contribution in [0.3, 0.4) is 0 Å². The monoisotopic (exact) mass is 407 g/mol. The fraction of sp³-hybridized carbons (Fsp3) is 0.143. The maximum Gasteiger partial charge on any atom is 0.275 e. The molecule has 0 fully saturated rings. The summed E-state index contributed by atoms with van der Waals surface area (Å²) in [7, 11) is 0. The van der Waals surface area contributed by atoms with Gasteiger partial charge in [0.05, 0.1) is 5.02 Å². The topological polar surface area (TPSA) is 81.3 Å². The third-order valence-corrected chi connectivity index (χ3v) is 4.88. The SMILES string of the molecule is Cc1cc(=O)n2nc(-c3ccccc3Cl)nc2n1CC(=O)NCc1ccccc1. The number of aromatic nitrogens is 4. The van der Waals surface area contributed by atoms with Crippen molar-refractivity contribution >= 4 is 23.3 Å². The zero-order valence-electron chi connectivity index (χ0n) is 15.7. The van der Waals surface area contributed by atoms with Crippen molar-refractivity contribution in [2.75, 3.05) is 0 Å². The van der Waals surface area contributed by atoms with E-state index in [4.69, 9.17) is 11.6 Å². The lowest BCUT2D eigenvalue weighted by atomic mass is 10.2. The Balaban J connectivity index is 1.66. The smallest absolute Gasteiger partial charge is 0.275 e. The van der Waals surface area contributed by atoms with Crippen molar-refractivity contribution in [2.45, 2.75) is 20.0 Å². The zero-order chi connectivity index (χ0) is 20.4. The van der Waals surface area contributed by atoms with Gasteiger partial charge < -0.3 is 9.88 Å². The van der Waals surface area contributed by atoms with Crippen LogP contribution in [-0.4, -0.2) is 25.1 Å². The number of rotatable bonds is 5. The molecule has 0 saturated heterocycles. The summed E-state index contributed by atoms with van der Waals surface area (Å²) in [6, 6.07) is 18.2. The Labute approximate surface area is 171 Å². The second kappa shape index (κ2) is 7.89. The van der Waals surface area contributed by atoms with Crippen LogP contribution in [0.25, 0.3) is 17.2 Å². The molecular formula is C21H18ClN5O2. The molecule has 0 unspecified atom stereocenters. The first-order valence-corrected chi connectivity index (χ1v) is 9.43. The number of amides is 1. The van der Waals surface area contributed by atoms with Crippen LogP contribution >= 0.6 is 11.6 Å². The second-order valence-electron chi connectivity index (χ2n) is 6.60. The number of aryl methyl sites for hydroxylation is 1. The van der Waals surface area contributed by atoms with Gasteiger partial charge in [0, 0.05) is 23.9 Å². The Morgan fingerprint density at radius 1 is 1.10 bits per heavy atom. The van der Waals surface area contributed by atoms with E-state index in [0.29, 0.717) is 34.4 Å². The lowest BCUT2D eigenvalue weighted by Gasteiger charge is -2.11. The van der Waals surface area contributed by atoms with E-state index in [1.165, 1.54) is 10.6 Å². The molecule has 0 radical (unpaired) electrons. The van der Waals surface area contributed by atoms with E-state index in [2.05, 4.69) is 15.4 Å². The molecule has 2 aromatic carbocycles. The van der Waals surface area contributed by atoms with Crippen LogP contribution in [0.4, 0.5) is 0 Å². The Morgan fingerprint density at radius 2 is 1.83 bits per heavy atom. The van der Waals surface area contributed by atoms with Gasteiger partial charge in [0.25, 0.3) is 5.56 Å². The number of carbonyl (C=O) groups is 1. The van der Waals surface area contributed by atoms with E-state index < -0.39 is 0 Å². The van der Waals surface area contributed by atoms with Crippen molar-refractivity contribution in [2.24, 2.45) is 0 Å². The molecule has 0 atom stereocenters. The lowest BCUT2D eigenvalue weighted by Crippen LogP contribution is -2.30. The molecule has 146 valence electrons. The fourth-order valence-electron chi connectivity index (χ4n) is 3.05. The number of nitrogens with zero attached hydrogens (tertiary/aromatic N) is 4. The summed E-state index contributed by atoms with van der Waals surface area (Å²) in [5.41, 5.74) is 1.93. The second-order valence-corrected chi connectivity index (χ2v) is 7.01. The van der Waals surface area contributed by atoms with Crippen LogP contribution in [0.5, 0.6) is 0 Å². The average molecular weight is 408 g/mol. The minimum atomic E-state index is -0.316. The fourth-order valence-corrected chi connectivity index (χ4v) is 3.27. The number of nitrogens with one attached hydrogen (secondary N) is 1. The Bertz CT molecular complexity index is 1250. The van der Waals surface area contributed by atoms with E-state index in [1.807, 2.05) is 42.5 Å². The summed E-state index contributed by atoms with van der Waals surface area (Å²) in [4.78, 5) is 29.4. The number of benzene rings is 2. The highest BCUT2D eigenvalue weighted by molar-refractivity contribution is 6.33. The van der Waals surface area contributed by atoms with E-state index in [0.717, 1.165) is 5.56 Å². The molecular weight excluding hydrogens is 390 g/mol. The lowest BCUT2D eigenvalue weighted by molar-refractivity contribution is -0.121. The van der Waals surface area contributed by atoms with Gasteiger partial charge in [-0.25, -0.2) is 0 Å². The average Bonchev–Trinajstić information content (AvgIpc) is 3.16. The third kappa shape index (κ3) is 3.90. The maximum atomic E-state index is 12.5. The normalized spacial score (nSPS) is 11.0. The molecule has 0 bridgehead atoms. The number of hydrogen-bond acceptors (Lipinski definition) is 4. The van der Waals surface area contributed by atoms with Gasteiger partial charge in [-0.1, -0.05) is 54.1 Å². The molecule has 1 N–H and O–H groups in total. The van der Waals surface area contributed by atoms with Crippen molar-refractivity contribution in [1.29, 1.82) is 0 Å². The molecule has 29 heavy (non-hydrogen) atoms. The first-order valence-electron chi connectivity index (χ1n) is 9.05. The van der Waals surface area contributed by atoms with E-state index in [1.54, 1.807) is 23.6 Å². The van der Waals surface area contributed by atoms with Gasteiger partial charge in [0.1, 0.15) is 6.54 Å². The summed E-state index contributed by atoms with van der Waals surface area (Å²) in [5.74, 6) is 0.432. The number of hydrogen-bond donors (Lipinski definition) is 1. The van der Waals surface area contributed by atoms with Crippen molar-refractivity contribution in [3.05, 3.63) is 87.3 Å². The first-order chi connectivity index (χ1) is 14.0. The highest BCUT2D eigenvalue weighted by atomic mass is 35.5. The van der Waals surface area contributed by atoms with Crippen molar-refractivity contribution in [1.82, 2.24) is 24.5 Å². The van der Waals surface area contributed by atoms with Gasteiger partial charge in [0.2, 0.25) is 11.7 Å². The predicted octanol–water partition coefficient (Wildman–Crippen LogP) is 2.84. The quantitative estimate of drug-likeness (QED) is 0.551. The molecule has 0 aliphatic carbocycles. The highest BCUT2D eigenvalue weighted by Crippen LogP contribution is 2.24. The summed E-state index contributed by atoms with van der Waals surface area (Å²) in [5, 5.41) is 7.67. The van der Waals surface area contributed by atoms with Crippen LogP contribution in [0.2, 0.25) is 5.02 Å². The molecule has 4 aromatic rings. The molecule has 0 saturated carbocycles. The summed E-state index contributed by atoms with van der Waals surface area (Å²) >= 11 is 6.24. The standard InChI is InChI=1S/C21H18ClN5O2/c1-14-11-19(29)27-21(24-20(25-27)16-9-5-6-10-17(16)22)26(14)13-18(28)23-12-15-7-3-2-4-8-15/h2-11H,12-13H2,1H3,(H,23,28). The van der Waals surface area contributed by atoms with Gasteiger partial charge in [-0.2, -0.15) is 9.50 Å². The van der Waals surface area contributed by atoms with Crippen LogP contribution < -0.4 is 10.9 Å². The minimum Gasteiger partial charge on any atom is -0.350 e. The minimum absolute atomic E-state index is 0.0170. The number of carbonyl (C=O) groups excluding carboxylic acids is 1. The molecule has 0 aliphatic heterocycles. The van der Waals surface area contributed by atoms with E-state index in [9.17, 15) is 9.59 Å². The summed E-state index contributed by atoms with van der Waals surface area (Å²) < 4.78 is 2.85. The third-order valence-electron chi connectivity index (χ3n) is 4.55. The molecule has 4 rings (SSSR count). The van der Waals surface area contributed by atoms with Gasteiger partial charge in [-0.15, -0.1) is 5.10 Å². The molecule has 1 amide bonds. The Hall–Kier alpha value is -3.45. The predicted molar refractivity (Wildman–Crippen MR) is 111 cm³/mol. The first kappa shape index (κ1) is 18.9. The molecule has 2 heterocycles. The van der Waals surface area contributed by atoms with Crippen LogP contribution in [0, 0.1) is 6.92 Å². The van der Waals surface area contributed by atoms with Gasteiger partial charge in [0.15, 0.2) is 5.82 Å². The molecule has 0 spiro atoms. The van der Waals surface area contributed by atoms with E-state index >= 15 is 0 Å². The number of fused-ring (bicyclic) bond motifs is 1. The zero-order valence-corrected chi connectivity index (χ0v) is 16.4. The van der Waals surface area contributed by atoms with Crippen LogP contribution in [0.15, 0.2) is 65.5 Å². The maximum absolute atomic E-state index is 12.5. The molecule has 0 aliphatic rings. The number of halogens is 1. The summed E-state index contributed by atoms with van der Waals surface area (Å²) in [6.45, 7) is 2.20. The van der Waals surface area contributed by atoms with Crippen molar-refractivity contribution in [3.8, 4) is 11.4 Å².